The summed E-state index contributed by atoms with van der Waals surface area (Å²) in [7, 11) is 0. The van der Waals surface area contributed by atoms with E-state index in [2.05, 4.69) is 41.4 Å². The van der Waals surface area contributed by atoms with Gasteiger partial charge in [0.2, 0.25) is 0 Å². The normalized spacial score (nSPS) is 23.5. The average Bonchev–Trinajstić information content (AvgIpc) is 3.23. The summed E-state index contributed by atoms with van der Waals surface area (Å²) in [4.78, 5) is 0. The predicted molar refractivity (Wildman–Crippen MR) is 75.0 cm³/mol. The molecule has 1 saturated carbocycles. The van der Waals surface area contributed by atoms with Crippen molar-refractivity contribution in [3.05, 3.63) is 35.4 Å². The van der Waals surface area contributed by atoms with Crippen LogP contribution in [0.25, 0.3) is 0 Å². The number of hydrogen-bond acceptors (Lipinski definition) is 3. The zero-order chi connectivity index (χ0) is 12.5. The largest absolute Gasteiger partial charge is 0.386 e. The summed E-state index contributed by atoms with van der Waals surface area (Å²) in [5.41, 5.74) is 9.67. The van der Waals surface area contributed by atoms with Crippen molar-refractivity contribution < 1.29 is 0 Å². The summed E-state index contributed by atoms with van der Waals surface area (Å²) in [6.45, 7) is 2.19. The minimum absolute atomic E-state index is 0.419. The molecule has 3 nitrogen and oxygen atoms in total. The van der Waals surface area contributed by atoms with Crippen molar-refractivity contribution in [3.63, 3.8) is 0 Å². The third-order valence-electron chi connectivity index (χ3n) is 3.88. The van der Waals surface area contributed by atoms with Crippen LogP contribution in [-0.4, -0.2) is 11.5 Å². The summed E-state index contributed by atoms with van der Waals surface area (Å²) in [6.07, 6.45) is 4.53. The summed E-state index contributed by atoms with van der Waals surface area (Å²) in [5, 5.41) is 8.47. The van der Waals surface area contributed by atoms with Gasteiger partial charge in [0.25, 0.3) is 0 Å². The van der Waals surface area contributed by atoms with Gasteiger partial charge in [-0.2, -0.15) is 5.10 Å². The third kappa shape index (κ3) is 2.05. The van der Waals surface area contributed by atoms with Gasteiger partial charge in [0.15, 0.2) is 0 Å². The summed E-state index contributed by atoms with van der Waals surface area (Å²) >= 11 is 0. The lowest BCUT2D eigenvalue weighted by atomic mass is 9.87. The summed E-state index contributed by atoms with van der Waals surface area (Å²) in [6, 6.07) is 8.65. The second-order valence-electron chi connectivity index (χ2n) is 5.25. The van der Waals surface area contributed by atoms with Gasteiger partial charge in [-0.15, -0.1) is 5.10 Å². The SMILES string of the molecule is CCC1CC(N)=NN=C1c1ccccc1C1CC1. The van der Waals surface area contributed by atoms with Crippen LogP contribution in [0.15, 0.2) is 34.5 Å². The zero-order valence-electron chi connectivity index (χ0n) is 10.8. The van der Waals surface area contributed by atoms with Crippen LogP contribution >= 0.6 is 0 Å². The molecule has 1 aliphatic carbocycles. The van der Waals surface area contributed by atoms with Crippen LogP contribution in [0.1, 0.15) is 49.7 Å². The summed E-state index contributed by atoms with van der Waals surface area (Å²) in [5.74, 6) is 1.82. The van der Waals surface area contributed by atoms with Crippen LogP contribution in [0.4, 0.5) is 0 Å². The number of hydrogen-bond donors (Lipinski definition) is 1. The van der Waals surface area contributed by atoms with E-state index in [4.69, 9.17) is 5.73 Å². The van der Waals surface area contributed by atoms with E-state index in [1.807, 2.05) is 0 Å². The fraction of sp³-hybridized carbons (Fsp3) is 0.467. The molecule has 1 aliphatic heterocycles. The van der Waals surface area contributed by atoms with Crippen molar-refractivity contribution in [2.45, 2.75) is 38.5 Å². The molecule has 1 atom stereocenters. The number of benzene rings is 1. The fourth-order valence-electron chi connectivity index (χ4n) is 2.68. The molecule has 2 N–H and O–H groups in total. The molecule has 0 amide bonds. The average molecular weight is 241 g/mol. The molecule has 0 aromatic heterocycles. The van der Waals surface area contributed by atoms with E-state index < -0.39 is 0 Å². The number of amidine groups is 1. The molecule has 0 bridgehead atoms. The van der Waals surface area contributed by atoms with Crippen molar-refractivity contribution in [3.8, 4) is 0 Å². The number of rotatable bonds is 3. The van der Waals surface area contributed by atoms with Gasteiger partial charge in [-0.3, -0.25) is 0 Å². The smallest absolute Gasteiger partial charge is 0.123 e. The molecule has 1 unspecified atom stereocenters. The van der Waals surface area contributed by atoms with Gasteiger partial charge in [0.05, 0.1) is 5.71 Å². The van der Waals surface area contributed by atoms with Gasteiger partial charge >= 0.3 is 0 Å². The highest BCUT2D eigenvalue weighted by molar-refractivity contribution is 6.06. The molecule has 1 aromatic carbocycles. The first kappa shape index (κ1) is 11.5. The Morgan fingerprint density at radius 3 is 2.72 bits per heavy atom. The lowest BCUT2D eigenvalue weighted by Crippen LogP contribution is -2.27. The highest BCUT2D eigenvalue weighted by Crippen LogP contribution is 2.42. The predicted octanol–water partition coefficient (Wildman–Crippen LogP) is 3.06. The van der Waals surface area contributed by atoms with Crippen LogP contribution in [0.5, 0.6) is 0 Å². The molecule has 18 heavy (non-hydrogen) atoms. The maximum absolute atomic E-state index is 5.79. The Balaban J connectivity index is 2.03. The lowest BCUT2D eigenvalue weighted by Gasteiger charge is -2.21. The van der Waals surface area contributed by atoms with E-state index in [9.17, 15) is 0 Å². The topological polar surface area (TPSA) is 50.7 Å². The molecule has 3 heteroatoms. The van der Waals surface area contributed by atoms with E-state index in [1.54, 1.807) is 0 Å². The number of nitrogens with zero attached hydrogens (tertiary/aromatic N) is 2. The second-order valence-corrected chi connectivity index (χ2v) is 5.25. The van der Waals surface area contributed by atoms with Crippen molar-refractivity contribution in [2.24, 2.45) is 21.9 Å². The maximum Gasteiger partial charge on any atom is 0.123 e. The Kier molecular flexibility index (Phi) is 2.90. The third-order valence-corrected chi connectivity index (χ3v) is 3.88. The molecule has 94 valence electrons. The molecular formula is C15H19N3. The molecule has 1 heterocycles. The first-order valence-electron chi connectivity index (χ1n) is 6.78. The molecule has 3 rings (SSSR count). The Hall–Kier alpha value is -1.64. The van der Waals surface area contributed by atoms with Gasteiger partial charge in [-0.1, -0.05) is 31.2 Å². The van der Waals surface area contributed by atoms with Crippen molar-refractivity contribution in [1.82, 2.24) is 0 Å². The number of nitrogens with two attached hydrogens (primary N) is 1. The second kappa shape index (κ2) is 4.56. The Bertz CT molecular complexity index is 512. The van der Waals surface area contributed by atoms with Crippen LogP contribution < -0.4 is 5.73 Å². The maximum atomic E-state index is 5.79. The van der Waals surface area contributed by atoms with E-state index in [1.165, 1.54) is 24.0 Å². The zero-order valence-corrected chi connectivity index (χ0v) is 10.8. The molecule has 1 aromatic rings. The van der Waals surface area contributed by atoms with Crippen molar-refractivity contribution in [1.29, 1.82) is 0 Å². The molecule has 0 spiro atoms. The minimum Gasteiger partial charge on any atom is -0.386 e. The molecule has 2 aliphatic rings. The van der Waals surface area contributed by atoms with Gasteiger partial charge < -0.3 is 5.73 Å². The monoisotopic (exact) mass is 241 g/mol. The van der Waals surface area contributed by atoms with Crippen LogP contribution in [-0.2, 0) is 0 Å². The van der Waals surface area contributed by atoms with Gasteiger partial charge in [0.1, 0.15) is 5.84 Å². The van der Waals surface area contributed by atoms with Gasteiger partial charge in [0, 0.05) is 17.9 Å². The molecular weight excluding hydrogens is 222 g/mol. The highest BCUT2D eigenvalue weighted by Gasteiger charge is 2.29. The van der Waals surface area contributed by atoms with Crippen LogP contribution in [0.3, 0.4) is 0 Å². The highest BCUT2D eigenvalue weighted by atomic mass is 15.2. The molecule has 1 fully saturated rings. The minimum atomic E-state index is 0.419. The van der Waals surface area contributed by atoms with Gasteiger partial charge in [-0.25, -0.2) is 0 Å². The molecule has 0 radical (unpaired) electrons. The van der Waals surface area contributed by atoms with E-state index in [0.29, 0.717) is 11.8 Å². The quantitative estimate of drug-likeness (QED) is 0.868. The van der Waals surface area contributed by atoms with Crippen LogP contribution in [0, 0.1) is 5.92 Å². The standard InChI is InChI=1S/C15H19N3/c1-2-10-9-14(16)17-18-15(10)13-6-4-3-5-12(13)11-7-8-11/h3-6,10-11H,2,7-9H2,1H3,(H2,16,17). The Labute approximate surface area is 108 Å². The Morgan fingerprint density at radius 2 is 2.00 bits per heavy atom. The van der Waals surface area contributed by atoms with Gasteiger partial charge in [-0.05, 0) is 30.7 Å². The fourth-order valence-corrected chi connectivity index (χ4v) is 2.68. The van der Waals surface area contributed by atoms with E-state index >= 15 is 0 Å². The lowest BCUT2D eigenvalue weighted by molar-refractivity contribution is 0.676. The van der Waals surface area contributed by atoms with Crippen molar-refractivity contribution >= 4 is 11.5 Å². The van der Waals surface area contributed by atoms with Crippen LogP contribution in [0.2, 0.25) is 0 Å². The van der Waals surface area contributed by atoms with E-state index in [0.717, 1.165) is 24.5 Å². The van der Waals surface area contributed by atoms with E-state index in [-0.39, 0.29) is 0 Å². The molecule has 0 saturated heterocycles. The van der Waals surface area contributed by atoms with Crippen molar-refractivity contribution in [2.75, 3.05) is 0 Å². The summed E-state index contributed by atoms with van der Waals surface area (Å²) < 4.78 is 0. The Morgan fingerprint density at radius 1 is 1.22 bits per heavy atom. The first-order chi connectivity index (χ1) is 8.79. The first-order valence-corrected chi connectivity index (χ1v) is 6.78.